The van der Waals surface area contributed by atoms with Crippen LogP contribution in [-0.2, 0) is 20.7 Å². The molecule has 2 aliphatic rings. The van der Waals surface area contributed by atoms with E-state index in [2.05, 4.69) is 10.00 Å². The van der Waals surface area contributed by atoms with Crippen molar-refractivity contribution in [1.29, 1.82) is 0 Å². The third-order valence-electron chi connectivity index (χ3n) is 5.73. The van der Waals surface area contributed by atoms with Crippen LogP contribution >= 0.6 is 0 Å². The van der Waals surface area contributed by atoms with E-state index in [1.807, 2.05) is 57.2 Å². The molecule has 4 rings (SSSR count). The van der Waals surface area contributed by atoms with Gasteiger partial charge in [-0.1, -0.05) is 18.2 Å². The van der Waals surface area contributed by atoms with Gasteiger partial charge in [-0.25, -0.2) is 4.68 Å². The van der Waals surface area contributed by atoms with Crippen molar-refractivity contribution >= 4 is 11.8 Å². The molecular formula is C22H29N5O3. The average molecular weight is 412 g/mol. The van der Waals surface area contributed by atoms with Gasteiger partial charge in [-0.15, -0.1) is 0 Å². The molecule has 3 heterocycles. The van der Waals surface area contributed by atoms with Crippen LogP contribution in [0.4, 0.5) is 0 Å². The Bertz CT molecular complexity index is 839. The summed E-state index contributed by atoms with van der Waals surface area (Å²) in [7, 11) is 0. The number of ether oxygens (including phenoxy) is 1. The maximum absolute atomic E-state index is 12.6. The summed E-state index contributed by atoms with van der Waals surface area (Å²) in [6.07, 6.45) is 4.97. The lowest BCUT2D eigenvalue weighted by molar-refractivity contribution is -0.137. The Kier molecular flexibility index (Phi) is 6.76. The number of aryl methyl sites for hydroxylation is 1. The van der Waals surface area contributed by atoms with Gasteiger partial charge in [0.2, 0.25) is 11.8 Å². The fourth-order valence-electron chi connectivity index (χ4n) is 3.88. The van der Waals surface area contributed by atoms with E-state index in [0.29, 0.717) is 58.8 Å². The molecule has 2 aliphatic heterocycles. The van der Waals surface area contributed by atoms with Crippen LogP contribution in [0.5, 0.6) is 0 Å². The minimum Gasteiger partial charge on any atom is -0.378 e. The van der Waals surface area contributed by atoms with E-state index >= 15 is 0 Å². The molecule has 0 N–H and O–H groups in total. The van der Waals surface area contributed by atoms with Gasteiger partial charge in [0.15, 0.2) is 0 Å². The molecule has 160 valence electrons. The molecule has 2 saturated heterocycles. The van der Waals surface area contributed by atoms with Crippen molar-refractivity contribution in [3.05, 3.63) is 48.3 Å². The molecule has 0 radical (unpaired) electrons. The number of morpholine rings is 1. The van der Waals surface area contributed by atoms with Gasteiger partial charge >= 0.3 is 0 Å². The lowest BCUT2D eigenvalue weighted by Gasteiger charge is -2.36. The number of rotatable bonds is 6. The fraction of sp³-hybridized carbons (Fsp3) is 0.500. The van der Waals surface area contributed by atoms with Crippen LogP contribution in [0.1, 0.15) is 12.0 Å². The molecule has 2 fully saturated rings. The summed E-state index contributed by atoms with van der Waals surface area (Å²) in [6.45, 7) is 5.88. The predicted octanol–water partition coefficient (Wildman–Crippen LogP) is 0.808. The second kappa shape index (κ2) is 9.86. The molecule has 0 bridgehead atoms. The van der Waals surface area contributed by atoms with E-state index in [-0.39, 0.29) is 11.8 Å². The highest BCUT2D eigenvalue weighted by Crippen LogP contribution is 2.11. The number of aromatic nitrogens is 2. The molecule has 0 saturated carbocycles. The van der Waals surface area contributed by atoms with Crippen molar-refractivity contribution in [2.24, 2.45) is 0 Å². The summed E-state index contributed by atoms with van der Waals surface area (Å²) >= 11 is 0. The van der Waals surface area contributed by atoms with Gasteiger partial charge in [0, 0.05) is 51.9 Å². The Labute approximate surface area is 177 Å². The molecule has 2 aromatic rings. The Morgan fingerprint density at radius 1 is 0.900 bits per heavy atom. The fourth-order valence-corrected chi connectivity index (χ4v) is 3.88. The standard InChI is InChI=1S/C22H29N5O3/c28-21(7-6-19-16-23-27(17-19)20-4-2-1-3-5-20)25-10-8-24(9-11-25)18-22(29)26-12-14-30-15-13-26/h1-5,16-17H,6-15,18H2. The zero-order chi connectivity index (χ0) is 20.8. The van der Waals surface area contributed by atoms with Crippen LogP contribution in [0.15, 0.2) is 42.7 Å². The van der Waals surface area contributed by atoms with E-state index < -0.39 is 0 Å². The van der Waals surface area contributed by atoms with Crippen LogP contribution in [-0.4, -0.2) is 95.3 Å². The molecule has 1 aromatic heterocycles. The van der Waals surface area contributed by atoms with Gasteiger partial charge in [-0.05, 0) is 24.1 Å². The van der Waals surface area contributed by atoms with Crippen molar-refractivity contribution in [3.8, 4) is 5.69 Å². The third kappa shape index (κ3) is 5.25. The number of nitrogens with zero attached hydrogens (tertiary/aromatic N) is 5. The van der Waals surface area contributed by atoms with Gasteiger partial charge < -0.3 is 14.5 Å². The smallest absolute Gasteiger partial charge is 0.236 e. The second-order valence-corrected chi connectivity index (χ2v) is 7.78. The minimum absolute atomic E-state index is 0.161. The van der Waals surface area contributed by atoms with Crippen molar-refractivity contribution in [3.63, 3.8) is 0 Å². The van der Waals surface area contributed by atoms with Crippen LogP contribution in [0.2, 0.25) is 0 Å². The number of carbonyl (C=O) groups is 2. The summed E-state index contributed by atoms with van der Waals surface area (Å²) < 4.78 is 7.14. The second-order valence-electron chi connectivity index (χ2n) is 7.78. The number of hydrogen-bond acceptors (Lipinski definition) is 5. The Morgan fingerprint density at radius 2 is 1.60 bits per heavy atom. The monoisotopic (exact) mass is 411 g/mol. The molecule has 0 atom stereocenters. The number of carbonyl (C=O) groups excluding carboxylic acids is 2. The van der Waals surface area contributed by atoms with Crippen molar-refractivity contribution in [2.45, 2.75) is 12.8 Å². The summed E-state index contributed by atoms with van der Waals surface area (Å²) in [5, 5.41) is 4.39. The molecule has 0 unspecified atom stereocenters. The highest BCUT2D eigenvalue weighted by Gasteiger charge is 2.24. The molecular weight excluding hydrogens is 382 g/mol. The molecule has 2 amide bonds. The summed E-state index contributed by atoms with van der Waals surface area (Å²) in [5.74, 6) is 0.329. The number of amides is 2. The first-order valence-electron chi connectivity index (χ1n) is 10.6. The van der Waals surface area contributed by atoms with Gasteiger partial charge in [-0.2, -0.15) is 5.10 Å². The van der Waals surface area contributed by atoms with E-state index in [9.17, 15) is 9.59 Å². The minimum atomic E-state index is 0.161. The number of benzene rings is 1. The van der Waals surface area contributed by atoms with Crippen LogP contribution in [0.3, 0.4) is 0 Å². The highest BCUT2D eigenvalue weighted by molar-refractivity contribution is 5.78. The van der Waals surface area contributed by atoms with Gasteiger partial charge in [-0.3, -0.25) is 14.5 Å². The van der Waals surface area contributed by atoms with Crippen LogP contribution < -0.4 is 0 Å². The van der Waals surface area contributed by atoms with E-state index in [4.69, 9.17) is 4.74 Å². The quantitative estimate of drug-likeness (QED) is 0.704. The number of hydrogen-bond donors (Lipinski definition) is 0. The summed E-state index contributed by atoms with van der Waals surface area (Å²) in [5.41, 5.74) is 2.07. The molecule has 8 heteroatoms. The number of piperazine rings is 1. The molecule has 30 heavy (non-hydrogen) atoms. The first kappa shape index (κ1) is 20.6. The van der Waals surface area contributed by atoms with Crippen LogP contribution in [0.25, 0.3) is 5.69 Å². The Balaban J connectivity index is 1.19. The van der Waals surface area contributed by atoms with Gasteiger partial charge in [0.05, 0.1) is 31.6 Å². The maximum atomic E-state index is 12.6. The van der Waals surface area contributed by atoms with Crippen molar-refractivity contribution in [1.82, 2.24) is 24.5 Å². The predicted molar refractivity (Wildman–Crippen MR) is 112 cm³/mol. The zero-order valence-electron chi connectivity index (χ0n) is 17.3. The lowest BCUT2D eigenvalue weighted by atomic mass is 10.1. The maximum Gasteiger partial charge on any atom is 0.236 e. The molecule has 0 aliphatic carbocycles. The number of para-hydroxylation sites is 1. The van der Waals surface area contributed by atoms with Gasteiger partial charge in [0.1, 0.15) is 0 Å². The van der Waals surface area contributed by atoms with Gasteiger partial charge in [0.25, 0.3) is 0 Å². The van der Waals surface area contributed by atoms with E-state index in [1.54, 1.807) is 0 Å². The lowest BCUT2D eigenvalue weighted by Crippen LogP contribution is -2.52. The van der Waals surface area contributed by atoms with E-state index in [0.717, 1.165) is 24.3 Å². The molecule has 1 aromatic carbocycles. The molecule has 0 spiro atoms. The molecule has 8 nitrogen and oxygen atoms in total. The van der Waals surface area contributed by atoms with E-state index in [1.165, 1.54) is 0 Å². The van der Waals surface area contributed by atoms with Crippen molar-refractivity contribution < 1.29 is 14.3 Å². The zero-order valence-corrected chi connectivity index (χ0v) is 17.3. The third-order valence-corrected chi connectivity index (χ3v) is 5.73. The van der Waals surface area contributed by atoms with Crippen molar-refractivity contribution in [2.75, 3.05) is 59.0 Å². The Hall–Kier alpha value is -2.71. The highest BCUT2D eigenvalue weighted by atomic mass is 16.5. The average Bonchev–Trinajstić information content (AvgIpc) is 3.28. The first-order valence-corrected chi connectivity index (χ1v) is 10.6. The normalized spacial score (nSPS) is 17.9. The van der Waals surface area contributed by atoms with Crippen LogP contribution in [0, 0.1) is 0 Å². The summed E-state index contributed by atoms with van der Waals surface area (Å²) in [6, 6.07) is 9.95. The Morgan fingerprint density at radius 3 is 2.33 bits per heavy atom. The SMILES string of the molecule is O=C(CCc1cnn(-c2ccccc2)c1)N1CCN(CC(=O)N2CCOCC2)CC1. The topological polar surface area (TPSA) is 70.9 Å². The first-order chi connectivity index (χ1) is 14.7. The summed E-state index contributed by atoms with van der Waals surface area (Å²) in [4.78, 5) is 30.9. The largest absolute Gasteiger partial charge is 0.378 e.